The molecule has 0 bridgehead atoms. The zero-order valence-corrected chi connectivity index (χ0v) is 12.6. The van der Waals surface area contributed by atoms with Gasteiger partial charge in [0, 0.05) is 11.6 Å². The fourth-order valence-corrected chi connectivity index (χ4v) is 2.86. The van der Waals surface area contributed by atoms with E-state index in [-0.39, 0.29) is 11.2 Å². The summed E-state index contributed by atoms with van der Waals surface area (Å²) < 4.78 is 33.1. The summed E-state index contributed by atoms with van der Waals surface area (Å²) in [5, 5.41) is 0. The van der Waals surface area contributed by atoms with Crippen molar-refractivity contribution in [3.8, 4) is 5.75 Å². The zero-order chi connectivity index (χ0) is 14.8. The van der Waals surface area contributed by atoms with Gasteiger partial charge < -0.3 is 4.74 Å². The van der Waals surface area contributed by atoms with Crippen LogP contribution in [0.2, 0.25) is 0 Å². The molecule has 0 spiro atoms. The Morgan fingerprint density at radius 2 is 1.80 bits per heavy atom. The second-order valence-electron chi connectivity index (χ2n) is 7.07. The molecule has 0 saturated heterocycles. The summed E-state index contributed by atoms with van der Waals surface area (Å²) in [5.74, 6) is -0.354. The molecule has 2 rings (SSSR count). The first-order valence-corrected chi connectivity index (χ1v) is 7.46. The molecule has 1 aromatic rings. The maximum atomic E-state index is 14.0. The van der Waals surface area contributed by atoms with Gasteiger partial charge in [0.15, 0.2) is 11.6 Å². The number of rotatable bonds is 4. The second kappa shape index (κ2) is 6.11. The van der Waals surface area contributed by atoms with E-state index < -0.39 is 11.6 Å². The Balaban J connectivity index is 2.15. The van der Waals surface area contributed by atoms with Crippen molar-refractivity contribution in [2.75, 3.05) is 6.61 Å². The molecule has 112 valence electrons. The van der Waals surface area contributed by atoms with Crippen LogP contribution in [-0.2, 0) is 6.42 Å². The highest BCUT2D eigenvalue weighted by Gasteiger charge is 2.21. The lowest BCUT2D eigenvalue weighted by molar-refractivity contribution is 0.236. The van der Waals surface area contributed by atoms with Gasteiger partial charge in [0.1, 0.15) is 5.82 Å². The Kier molecular flexibility index (Phi) is 4.66. The molecule has 0 unspecified atom stereocenters. The lowest BCUT2D eigenvalue weighted by Crippen LogP contribution is -2.14. The van der Waals surface area contributed by atoms with Crippen molar-refractivity contribution in [1.29, 1.82) is 0 Å². The third-order valence-corrected chi connectivity index (χ3v) is 3.74. The normalized spacial score (nSPS) is 16.6. The van der Waals surface area contributed by atoms with Gasteiger partial charge in [-0.25, -0.2) is 8.78 Å². The fourth-order valence-electron chi connectivity index (χ4n) is 2.86. The summed E-state index contributed by atoms with van der Waals surface area (Å²) in [6, 6.07) is 2.31. The number of hydrogen-bond acceptors (Lipinski definition) is 1. The molecule has 0 atom stereocenters. The molecule has 0 aromatic heterocycles. The van der Waals surface area contributed by atoms with Crippen molar-refractivity contribution in [3.05, 3.63) is 29.3 Å². The van der Waals surface area contributed by atoms with E-state index in [0.29, 0.717) is 24.5 Å². The van der Waals surface area contributed by atoms with E-state index in [1.807, 2.05) is 0 Å². The first kappa shape index (κ1) is 15.3. The van der Waals surface area contributed by atoms with Crippen molar-refractivity contribution < 1.29 is 13.5 Å². The summed E-state index contributed by atoms with van der Waals surface area (Å²) in [4.78, 5) is 0. The Hall–Kier alpha value is -1.12. The van der Waals surface area contributed by atoms with E-state index in [1.54, 1.807) is 0 Å². The summed E-state index contributed by atoms with van der Waals surface area (Å²) in [5.41, 5.74) is 0.596. The van der Waals surface area contributed by atoms with E-state index in [9.17, 15) is 8.78 Å². The molecule has 0 heterocycles. The predicted molar refractivity (Wildman–Crippen MR) is 77.0 cm³/mol. The Bertz CT molecular complexity index is 457. The lowest BCUT2D eigenvalue weighted by Gasteiger charge is -2.21. The quantitative estimate of drug-likeness (QED) is 0.744. The minimum absolute atomic E-state index is 0.0360. The molecule has 0 aliphatic heterocycles. The van der Waals surface area contributed by atoms with Crippen LogP contribution in [0.5, 0.6) is 5.75 Å². The average molecular weight is 282 g/mol. The SMILES string of the molecule is CC(C)(C)Cc1cc(F)cc(F)c1OCC1CCCC1. The van der Waals surface area contributed by atoms with Crippen LogP contribution in [0.25, 0.3) is 0 Å². The third-order valence-electron chi connectivity index (χ3n) is 3.74. The average Bonchev–Trinajstić information content (AvgIpc) is 2.78. The predicted octanol–water partition coefficient (Wildman–Crippen LogP) is 5.12. The number of halogens is 2. The Morgan fingerprint density at radius 3 is 2.40 bits per heavy atom. The van der Waals surface area contributed by atoms with Crippen LogP contribution in [0.15, 0.2) is 12.1 Å². The highest BCUT2D eigenvalue weighted by molar-refractivity contribution is 5.36. The van der Waals surface area contributed by atoms with Crippen molar-refractivity contribution in [1.82, 2.24) is 0 Å². The van der Waals surface area contributed by atoms with Crippen LogP contribution in [0.3, 0.4) is 0 Å². The van der Waals surface area contributed by atoms with Crippen LogP contribution in [0.1, 0.15) is 52.0 Å². The maximum absolute atomic E-state index is 14.0. The highest BCUT2D eigenvalue weighted by atomic mass is 19.1. The highest BCUT2D eigenvalue weighted by Crippen LogP contribution is 2.32. The molecular formula is C17H24F2O. The molecule has 0 radical (unpaired) electrons. The van der Waals surface area contributed by atoms with Gasteiger partial charge >= 0.3 is 0 Å². The van der Waals surface area contributed by atoms with Gasteiger partial charge in [-0.2, -0.15) is 0 Å². The van der Waals surface area contributed by atoms with E-state index in [4.69, 9.17) is 4.74 Å². The monoisotopic (exact) mass is 282 g/mol. The van der Waals surface area contributed by atoms with Gasteiger partial charge in [-0.05, 0) is 36.7 Å². The standard InChI is InChI=1S/C17H24F2O/c1-17(2,3)10-13-8-14(18)9-15(19)16(13)20-11-12-6-4-5-7-12/h8-9,12H,4-7,10-11H2,1-3H3. The van der Waals surface area contributed by atoms with Crippen molar-refractivity contribution in [2.45, 2.75) is 52.9 Å². The smallest absolute Gasteiger partial charge is 0.168 e. The van der Waals surface area contributed by atoms with Crippen molar-refractivity contribution in [3.63, 3.8) is 0 Å². The Labute approximate surface area is 120 Å². The summed E-state index contributed by atoms with van der Waals surface area (Å²) in [6.45, 7) is 6.70. The van der Waals surface area contributed by atoms with Crippen molar-refractivity contribution in [2.24, 2.45) is 11.3 Å². The van der Waals surface area contributed by atoms with Gasteiger partial charge in [0.25, 0.3) is 0 Å². The summed E-state index contributed by atoms with van der Waals surface area (Å²) >= 11 is 0. The van der Waals surface area contributed by atoms with Crippen LogP contribution in [0.4, 0.5) is 8.78 Å². The first-order valence-electron chi connectivity index (χ1n) is 7.46. The van der Waals surface area contributed by atoms with Crippen LogP contribution < -0.4 is 4.74 Å². The van der Waals surface area contributed by atoms with E-state index in [0.717, 1.165) is 18.9 Å². The van der Waals surface area contributed by atoms with Crippen LogP contribution >= 0.6 is 0 Å². The zero-order valence-electron chi connectivity index (χ0n) is 12.6. The molecule has 1 aliphatic carbocycles. The molecular weight excluding hydrogens is 258 g/mol. The summed E-state index contributed by atoms with van der Waals surface area (Å²) in [6.07, 6.45) is 5.36. The largest absolute Gasteiger partial charge is 0.490 e. The topological polar surface area (TPSA) is 9.23 Å². The lowest BCUT2D eigenvalue weighted by atomic mass is 9.87. The maximum Gasteiger partial charge on any atom is 0.168 e. The van der Waals surface area contributed by atoms with Gasteiger partial charge in [-0.15, -0.1) is 0 Å². The first-order chi connectivity index (χ1) is 9.35. The van der Waals surface area contributed by atoms with Gasteiger partial charge in [-0.3, -0.25) is 0 Å². The van der Waals surface area contributed by atoms with Crippen molar-refractivity contribution >= 4 is 0 Å². The van der Waals surface area contributed by atoms with Crippen LogP contribution in [-0.4, -0.2) is 6.61 Å². The number of hydrogen-bond donors (Lipinski definition) is 0. The molecule has 1 aromatic carbocycles. The molecule has 20 heavy (non-hydrogen) atoms. The minimum Gasteiger partial charge on any atom is -0.490 e. The molecule has 1 nitrogen and oxygen atoms in total. The minimum atomic E-state index is -0.581. The van der Waals surface area contributed by atoms with Gasteiger partial charge in [0.05, 0.1) is 6.61 Å². The molecule has 0 N–H and O–H groups in total. The van der Waals surface area contributed by atoms with E-state index >= 15 is 0 Å². The third kappa shape index (κ3) is 4.19. The molecule has 3 heteroatoms. The second-order valence-corrected chi connectivity index (χ2v) is 7.07. The van der Waals surface area contributed by atoms with Gasteiger partial charge in [0.2, 0.25) is 0 Å². The van der Waals surface area contributed by atoms with Crippen LogP contribution in [0, 0.1) is 23.0 Å². The molecule has 1 aliphatic rings. The van der Waals surface area contributed by atoms with E-state index in [2.05, 4.69) is 20.8 Å². The number of benzene rings is 1. The molecule has 1 saturated carbocycles. The fraction of sp³-hybridized carbons (Fsp3) is 0.647. The molecule has 1 fully saturated rings. The number of ether oxygens (including phenoxy) is 1. The van der Waals surface area contributed by atoms with E-state index in [1.165, 1.54) is 18.9 Å². The molecule has 0 amide bonds. The summed E-state index contributed by atoms with van der Waals surface area (Å²) in [7, 11) is 0. The van der Waals surface area contributed by atoms with Gasteiger partial charge in [-0.1, -0.05) is 33.6 Å². The Morgan fingerprint density at radius 1 is 1.15 bits per heavy atom.